The molecule has 0 bridgehead atoms. The molecule has 7 nitrogen and oxygen atoms in total. The minimum absolute atomic E-state index is 0.0491. The molecule has 8 heteroatoms. The highest BCUT2D eigenvalue weighted by Gasteiger charge is 2.44. The summed E-state index contributed by atoms with van der Waals surface area (Å²) in [7, 11) is -2.23. The Kier molecular flexibility index (Phi) is 9.16. The van der Waals surface area contributed by atoms with Crippen LogP contribution in [-0.2, 0) is 20.4 Å². The lowest BCUT2D eigenvalue weighted by atomic mass is 9.98. The van der Waals surface area contributed by atoms with Crippen LogP contribution < -0.4 is 0 Å². The van der Waals surface area contributed by atoms with Gasteiger partial charge in [0.25, 0.3) is 0 Å². The van der Waals surface area contributed by atoms with Crippen molar-refractivity contribution in [1.29, 1.82) is 0 Å². The lowest BCUT2D eigenvalue weighted by Gasteiger charge is -2.40. The maximum absolute atomic E-state index is 14.2. The predicted octanol–water partition coefficient (Wildman–Crippen LogP) is 6.92. The zero-order chi connectivity index (χ0) is 29.9. The highest BCUT2D eigenvalue weighted by atomic mass is 28.4. The van der Waals surface area contributed by atoms with Crippen LogP contribution in [0.5, 0.6) is 0 Å². The Hall–Kier alpha value is -3.33. The van der Waals surface area contributed by atoms with Crippen LogP contribution in [0.15, 0.2) is 66.7 Å². The van der Waals surface area contributed by atoms with Crippen molar-refractivity contribution in [3.63, 3.8) is 0 Å². The fourth-order valence-electron chi connectivity index (χ4n) is 4.78. The molecule has 0 saturated carbocycles. The number of hydrogen-bond acceptors (Lipinski definition) is 6. The van der Waals surface area contributed by atoms with E-state index < -0.39 is 38.6 Å². The molecule has 2 amide bonds. The Morgan fingerprint density at radius 3 is 2.49 bits per heavy atom. The van der Waals surface area contributed by atoms with Crippen LogP contribution in [0.2, 0.25) is 18.1 Å². The molecule has 4 atom stereocenters. The van der Waals surface area contributed by atoms with Gasteiger partial charge < -0.3 is 14.3 Å². The number of aromatic nitrogens is 1. The van der Waals surface area contributed by atoms with Gasteiger partial charge in [0, 0.05) is 5.39 Å². The topological polar surface area (TPSA) is 89.0 Å². The molecule has 218 valence electrons. The molecule has 0 radical (unpaired) electrons. The van der Waals surface area contributed by atoms with E-state index in [1.807, 2.05) is 79.7 Å². The Morgan fingerprint density at radius 1 is 1.15 bits per heavy atom. The van der Waals surface area contributed by atoms with Crippen molar-refractivity contribution in [2.24, 2.45) is 5.92 Å². The van der Waals surface area contributed by atoms with Gasteiger partial charge in [0.05, 0.1) is 35.4 Å². The Morgan fingerprint density at radius 2 is 1.83 bits per heavy atom. The number of pyridine rings is 1. The van der Waals surface area contributed by atoms with E-state index in [9.17, 15) is 14.7 Å². The molecule has 1 fully saturated rings. The van der Waals surface area contributed by atoms with Crippen molar-refractivity contribution in [2.75, 3.05) is 6.61 Å². The number of benzene rings is 2. The smallest absolute Gasteiger partial charge is 0.417 e. The van der Waals surface area contributed by atoms with Gasteiger partial charge in [-0.05, 0) is 61.7 Å². The lowest BCUT2D eigenvalue weighted by molar-refractivity contribution is -0.134. The molecule has 2 heterocycles. The molecule has 0 aliphatic carbocycles. The molecule has 1 N–H and O–H groups in total. The van der Waals surface area contributed by atoms with Gasteiger partial charge in [-0.25, -0.2) is 9.69 Å². The standard InChI is InChI=1S/C33H42N2O5Si/c1-22(36)29-18-16-26-15-13-25(20-30(26)34-29)14-17-28(23(2)40-41(6,7)33(3,4)5)31(37)35-27(21-39-32(35)38)19-24-11-9-8-10-12-24/h8-18,20,22-23,27-28,36H,19,21H2,1-7H3/b17-14+/t22-,23+,27-,28-/m1/s1. The summed E-state index contributed by atoms with van der Waals surface area (Å²) in [5, 5.41) is 10.9. The van der Waals surface area contributed by atoms with Crippen LogP contribution in [-0.4, -0.2) is 54.1 Å². The minimum atomic E-state index is -2.23. The lowest BCUT2D eigenvalue weighted by Crippen LogP contribution is -2.50. The van der Waals surface area contributed by atoms with Crippen molar-refractivity contribution in [3.05, 3.63) is 83.6 Å². The van der Waals surface area contributed by atoms with Crippen LogP contribution in [0.4, 0.5) is 4.79 Å². The monoisotopic (exact) mass is 574 g/mol. The zero-order valence-corrected chi connectivity index (χ0v) is 26.1. The molecule has 1 aliphatic rings. The van der Waals surface area contributed by atoms with Gasteiger partial charge in [-0.2, -0.15) is 0 Å². The highest BCUT2D eigenvalue weighted by molar-refractivity contribution is 6.74. The van der Waals surface area contributed by atoms with E-state index >= 15 is 0 Å². The summed E-state index contributed by atoms with van der Waals surface area (Å²) in [6.07, 6.45) is 2.50. The second kappa shape index (κ2) is 12.3. The molecule has 3 aromatic rings. The van der Waals surface area contributed by atoms with Crippen LogP contribution in [0, 0.1) is 5.92 Å². The van der Waals surface area contributed by atoms with Crippen molar-refractivity contribution >= 4 is 37.3 Å². The number of imide groups is 1. The summed E-state index contributed by atoms with van der Waals surface area (Å²) in [6.45, 7) is 14.6. The number of aliphatic hydroxyl groups excluding tert-OH is 1. The number of carbonyl (C=O) groups excluding carboxylic acids is 2. The number of ether oxygens (including phenoxy) is 1. The number of fused-ring (bicyclic) bond motifs is 1. The highest BCUT2D eigenvalue weighted by Crippen LogP contribution is 2.38. The van der Waals surface area contributed by atoms with Crippen molar-refractivity contribution in [1.82, 2.24) is 9.88 Å². The number of rotatable bonds is 9. The van der Waals surface area contributed by atoms with Crippen molar-refractivity contribution in [3.8, 4) is 0 Å². The van der Waals surface area contributed by atoms with E-state index in [1.165, 1.54) is 4.90 Å². The van der Waals surface area contributed by atoms with Gasteiger partial charge in [-0.15, -0.1) is 0 Å². The summed E-state index contributed by atoms with van der Waals surface area (Å²) in [6, 6.07) is 19.0. The van der Waals surface area contributed by atoms with Gasteiger partial charge >= 0.3 is 6.09 Å². The van der Waals surface area contributed by atoms with E-state index in [2.05, 4.69) is 38.8 Å². The van der Waals surface area contributed by atoms with Gasteiger partial charge in [0.2, 0.25) is 5.91 Å². The average Bonchev–Trinajstić information content (AvgIpc) is 3.27. The third-order valence-electron chi connectivity index (χ3n) is 8.25. The maximum atomic E-state index is 14.2. The molecule has 0 unspecified atom stereocenters. The summed E-state index contributed by atoms with van der Waals surface area (Å²) >= 11 is 0. The van der Waals surface area contributed by atoms with Crippen LogP contribution in [0.3, 0.4) is 0 Å². The first-order valence-corrected chi connectivity index (χ1v) is 17.2. The quantitative estimate of drug-likeness (QED) is 0.279. The molecule has 4 rings (SSSR count). The van der Waals surface area contributed by atoms with Gasteiger partial charge in [-0.3, -0.25) is 9.78 Å². The van der Waals surface area contributed by atoms with Gasteiger partial charge in [0.15, 0.2) is 8.32 Å². The van der Waals surface area contributed by atoms with Crippen molar-refractivity contribution in [2.45, 2.75) is 77.4 Å². The average molecular weight is 575 g/mol. The Labute approximate surface area is 244 Å². The summed E-state index contributed by atoms with van der Waals surface area (Å²) < 4.78 is 12.1. The molecule has 41 heavy (non-hydrogen) atoms. The minimum Gasteiger partial charge on any atom is -0.447 e. The van der Waals surface area contributed by atoms with E-state index in [-0.39, 0.29) is 17.6 Å². The third kappa shape index (κ3) is 7.12. The fourth-order valence-corrected chi connectivity index (χ4v) is 6.21. The SMILES string of the molecule is C[C@H](O[Si](C)(C)C(C)(C)C)[C@@H](/C=C/c1ccc2ccc([C@@H](C)O)nc2c1)C(=O)N1C(=O)OC[C@H]1Cc1ccccc1. The molecule has 1 saturated heterocycles. The number of aliphatic hydroxyl groups is 1. The molecule has 1 aromatic heterocycles. The van der Waals surface area contributed by atoms with Crippen LogP contribution in [0.1, 0.15) is 57.5 Å². The first kappa shape index (κ1) is 30.6. The first-order chi connectivity index (χ1) is 19.3. The number of amides is 2. The van der Waals surface area contributed by atoms with Crippen LogP contribution in [0.25, 0.3) is 17.0 Å². The second-order valence-corrected chi connectivity index (χ2v) is 17.2. The van der Waals surface area contributed by atoms with Gasteiger partial charge in [-0.1, -0.05) is 81.5 Å². The number of nitrogens with zero attached hydrogens (tertiary/aromatic N) is 2. The summed E-state index contributed by atoms with van der Waals surface area (Å²) in [5.41, 5.74) is 3.24. The summed E-state index contributed by atoms with van der Waals surface area (Å²) in [5.74, 6) is -1.04. The molecular weight excluding hydrogens is 532 g/mol. The Balaban J connectivity index is 1.67. The molecule has 1 aliphatic heterocycles. The van der Waals surface area contributed by atoms with E-state index in [0.29, 0.717) is 12.1 Å². The molecule has 0 spiro atoms. The summed E-state index contributed by atoms with van der Waals surface area (Å²) in [4.78, 5) is 32.9. The van der Waals surface area contributed by atoms with Gasteiger partial charge in [0.1, 0.15) is 6.61 Å². The third-order valence-corrected chi connectivity index (χ3v) is 12.8. The first-order valence-electron chi connectivity index (χ1n) is 14.3. The number of hydrogen-bond donors (Lipinski definition) is 1. The normalized spacial score (nSPS) is 18.5. The van der Waals surface area contributed by atoms with E-state index in [0.717, 1.165) is 22.0 Å². The Bertz CT molecular complexity index is 1410. The van der Waals surface area contributed by atoms with Crippen molar-refractivity contribution < 1.29 is 23.9 Å². The molecule has 2 aromatic carbocycles. The van der Waals surface area contributed by atoms with E-state index in [4.69, 9.17) is 9.16 Å². The number of carbonyl (C=O) groups is 2. The predicted molar refractivity (Wildman–Crippen MR) is 165 cm³/mol. The number of cyclic esters (lactones) is 1. The largest absolute Gasteiger partial charge is 0.447 e. The molecular formula is C33H42N2O5Si. The zero-order valence-electron chi connectivity index (χ0n) is 25.1. The fraction of sp³-hybridized carbons (Fsp3) is 0.424. The maximum Gasteiger partial charge on any atom is 0.417 e. The second-order valence-electron chi connectivity index (χ2n) is 12.5. The van der Waals surface area contributed by atoms with E-state index in [1.54, 1.807) is 6.92 Å². The van der Waals surface area contributed by atoms with Crippen LogP contribution >= 0.6 is 0 Å².